The normalized spacial score (nSPS) is 18.9. The molecule has 1 unspecified atom stereocenters. The topological polar surface area (TPSA) is 64.3 Å². The third kappa shape index (κ3) is 2.89. The quantitative estimate of drug-likeness (QED) is 0.871. The predicted octanol–water partition coefficient (Wildman–Crippen LogP) is 1.93. The molecule has 19 heavy (non-hydrogen) atoms. The predicted molar refractivity (Wildman–Crippen MR) is 74.9 cm³/mol. The minimum atomic E-state index is -0.483. The van der Waals surface area contributed by atoms with Gasteiger partial charge < -0.3 is 15.8 Å². The second-order valence-corrected chi connectivity index (χ2v) is 5.30. The third-order valence-corrected chi connectivity index (χ3v) is 3.86. The molecule has 2 rings (SSSR count). The van der Waals surface area contributed by atoms with Crippen molar-refractivity contribution < 1.29 is 9.53 Å². The minimum absolute atomic E-state index is 0.0929. The van der Waals surface area contributed by atoms with Gasteiger partial charge in [-0.3, -0.25) is 4.79 Å². The van der Waals surface area contributed by atoms with Gasteiger partial charge in [-0.05, 0) is 37.5 Å². The van der Waals surface area contributed by atoms with Gasteiger partial charge in [0.05, 0.1) is 18.7 Å². The lowest BCUT2D eigenvalue weighted by Crippen LogP contribution is -2.49. The number of methoxy groups -OCH3 is 1. The highest BCUT2D eigenvalue weighted by Gasteiger charge is 2.37. The minimum Gasteiger partial charge on any atom is -0.497 e. The van der Waals surface area contributed by atoms with Crippen LogP contribution >= 0.6 is 0 Å². The summed E-state index contributed by atoms with van der Waals surface area (Å²) in [7, 11) is 1.65. The molecular weight excluding hydrogens is 240 g/mol. The van der Waals surface area contributed by atoms with E-state index < -0.39 is 6.04 Å². The lowest BCUT2D eigenvalue weighted by atomic mass is 9.87. The van der Waals surface area contributed by atoms with Gasteiger partial charge in [0.1, 0.15) is 5.75 Å². The van der Waals surface area contributed by atoms with E-state index in [0.717, 1.165) is 37.0 Å². The molecule has 1 aromatic rings. The Labute approximate surface area is 114 Å². The van der Waals surface area contributed by atoms with Gasteiger partial charge in [0, 0.05) is 0 Å². The number of hydrogen-bond acceptors (Lipinski definition) is 3. The van der Waals surface area contributed by atoms with E-state index >= 15 is 0 Å². The van der Waals surface area contributed by atoms with Crippen LogP contribution in [0.2, 0.25) is 0 Å². The average molecular weight is 262 g/mol. The number of carbonyl (C=O) groups excluding carboxylic acids is 1. The van der Waals surface area contributed by atoms with Crippen molar-refractivity contribution in [2.45, 2.75) is 44.2 Å². The van der Waals surface area contributed by atoms with Gasteiger partial charge in [-0.1, -0.05) is 25.0 Å². The summed E-state index contributed by atoms with van der Waals surface area (Å²) in [4.78, 5) is 12.0. The first-order chi connectivity index (χ1) is 9.07. The van der Waals surface area contributed by atoms with E-state index in [2.05, 4.69) is 11.4 Å². The summed E-state index contributed by atoms with van der Waals surface area (Å²) < 4.78 is 5.27. The summed E-state index contributed by atoms with van der Waals surface area (Å²) in [6.07, 6.45) is 4.16. The molecule has 3 N–H and O–H groups in total. The van der Waals surface area contributed by atoms with Crippen molar-refractivity contribution in [3.8, 4) is 5.75 Å². The zero-order valence-electron chi connectivity index (χ0n) is 11.6. The van der Waals surface area contributed by atoms with E-state index in [1.807, 2.05) is 18.2 Å². The molecule has 1 aliphatic rings. The van der Waals surface area contributed by atoms with Crippen molar-refractivity contribution in [3.63, 3.8) is 0 Å². The molecule has 0 spiro atoms. The van der Waals surface area contributed by atoms with Crippen molar-refractivity contribution in [3.05, 3.63) is 29.8 Å². The molecule has 1 aromatic carbocycles. The molecular formula is C15H22N2O2. The van der Waals surface area contributed by atoms with Gasteiger partial charge in [0.2, 0.25) is 5.91 Å². The standard InChI is InChI=1S/C15H22N2O2/c1-11(16)14(18)17-15(8-3-4-9-15)12-6-5-7-13(10-12)19-2/h5-7,10-11H,3-4,8-9,16H2,1-2H3,(H,17,18). The Morgan fingerprint density at radius 2 is 2.11 bits per heavy atom. The Hall–Kier alpha value is -1.55. The van der Waals surface area contributed by atoms with E-state index in [4.69, 9.17) is 10.5 Å². The van der Waals surface area contributed by atoms with Crippen LogP contribution in [0.1, 0.15) is 38.2 Å². The van der Waals surface area contributed by atoms with Crippen LogP contribution in [0.5, 0.6) is 5.75 Å². The average Bonchev–Trinajstić information content (AvgIpc) is 2.88. The SMILES string of the molecule is COc1cccc(C2(NC(=O)C(C)N)CCCC2)c1. The number of hydrogen-bond donors (Lipinski definition) is 2. The second-order valence-electron chi connectivity index (χ2n) is 5.30. The zero-order chi connectivity index (χ0) is 13.9. The molecule has 0 bridgehead atoms. The van der Waals surface area contributed by atoms with Gasteiger partial charge in [-0.25, -0.2) is 0 Å². The zero-order valence-corrected chi connectivity index (χ0v) is 11.6. The van der Waals surface area contributed by atoms with Crippen LogP contribution in [0.3, 0.4) is 0 Å². The Kier molecular flexibility index (Phi) is 4.10. The first kappa shape index (κ1) is 13.9. The summed E-state index contributed by atoms with van der Waals surface area (Å²) in [5.41, 5.74) is 6.50. The third-order valence-electron chi connectivity index (χ3n) is 3.86. The van der Waals surface area contributed by atoms with Crippen molar-refractivity contribution in [2.24, 2.45) is 5.73 Å². The number of rotatable bonds is 4. The summed E-state index contributed by atoms with van der Waals surface area (Å²) in [5, 5.41) is 3.14. The van der Waals surface area contributed by atoms with E-state index in [-0.39, 0.29) is 11.4 Å². The van der Waals surface area contributed by atoms with Crippen molar-refractivity contribution in [2.75, 3.05) is 7.11 Å². The molecule has 0 radical (unpaired) electrons. The van der Waals surface area contributed by atoms with Crippen molar-refractivity contribution in [1.82, 2.24) is 5.32 Å². The highest BCUT2D eigenvalue weighted by molar-refractivity contribution is 5.82. The monoisotopic (exact) mass is 262 g/mol. The smallest absolute Gasteiger partial charge is 0.237 e. The lowest BCUT2D eigenvalue weighted by molar-refractivity contribution is -0.124. The number of benzene rings is 1. The van der Waals surface area contributed by atoms with Gasteiger partial charge in [0.15, 0.2) is 0 Å². The molecule has 0 aromatic heterocycles. The molecule has 1 aliphatic carbocycles. The van der Waals surface area contributed by atoms with Crippen LogP contribution in [0, 0.1) is 0 Å². The van der Waals surface area contributed by atoms with E-state index in [0.29, 0.717) is 0 Å². The first-order valence-corrected chi connectivity index (χ1v) is 6.79. The summed E-state index contributed by atoms with van der Waals surface area (Å²) >= 11 is 0. The van der Waals surface area contributed by atoms with E-state index in [1.165, 1.54) is 0 Å². The maximum Gasteiger partial charge on any atom is 0.237 e. The van der Waals surface area contributed by atoms with Crippen LogP contribution < -0.4 is 15.8 Å². The Morgan fingerprint density at radius 3 is 2.68 bits per heavy atom. The summed E-state index contributed by atoms with van der Waals surface area (Å²) in [5.74, 6) is 0.726. The lowest BCUT2D eigenvalue weighted by Gasteiger charge is -2.32. The number of carbonyl (C=O) groups is 1. The maximum atomic E-state index is 12.0. The van der Waals surface area contributed by atoms with Gasteiger partial charge in [-0.15, -0.1) is 0 Å². The van der Waals surface area contributed by atoms with E-state index in [1.54, 1.807) is 14.0 Å². The number of amides is 1. The largest absolute Gasteiger partial charge is 0.497 e. The fourth-order valence-electron chi connectivity index (χ4n) is 2.73. The fourth-order valence-corrected chi connectivity index (χ4v) is 2.73. The summed E-state index contributed by atoms with van der Waals surface area (Å²) in [6, 6.07) is 7.46. The molecule has 4 heteroatoms. The molecule has 4 nitrogen and oxygen atoms in total. The molecule has 1 saturated carbocycles. The Balaban J connectivity index is 2.30. The fraction of sp³-hybridized carbons (Fsp3) is 0.533. The Morgan fingerprint density at radius 1 is 1.42 bits per heavy atom. The van der Waals surface area contributed by atoms with Gasteiger partial charge >= 0.3 is 0 Å². The number of nitrogens with two attached hydrogens (primary N) is 1. The maximum absolute atomic E-state index is 12.0. The van der Waals surface area contributed by atoms with Crippen LogP contribution in [0.4, 0.5) is 0 Å². The summed E-state index contributed by atoms with van der Waals surface area (Å²) in [6.45, 7) is 1.71. The van der Waals surface area contributed by atoms with Crippen LogP contribution in [-0.4, -0.2) is 19.1 Å². The number of ether oxygens (including phenoxy) is 1. The Bertz CT molecular complexity index is 451. The second kappa shape index (κ2) is 5.61. The molecule has 0 saturated heterocycles. The molecule has 0 heterocycles. The molecule has 1 amide bonds. The van der Waals surface area contributed by atoms with Crippen LogP contribution in [0.25, 0.3) is 0 Å². The van der Waals surface area contributed by atoms with Crippen LogP contribution in [0.15, 0.2) is 24.3 Å². The first-order valence-electron chi connectivity index (χ1n) is 6.79. The van der Waals surface area contributed by atoms with Gasteiger partial charge in [-0.2, -0.15) is 0 Å². The molecule has 0 aliphatic heterocycles. The van der Waals surface area contributed by atoms with Gasteiger partial charge in [0.25, 0.3) is 0 Å². The molecule has 1 atom stereocenters. The molecule has 104 valence electrons. The van der Waals surface area contributed by atoms with Crippen molar-refractivity contribution >= 4 is 5.91 Å². The number of nitrogens with one attached hydrogen (secondary N) is 1. The van der Waals surface area contributed by atoms with E-state index in [9.17, 15) is 4.79 Å². The van der Waals surface area contributed by atoms with Crippen LogP contribution in [-0.2, 0) is 10.3 Å². The molecule has 1 fully saturated rings. The highest BCUT2D eigenvalue weighted by Crippen LogP contribution is 2.39. The highest BCUT2D eigenvalue weighted by atomic mass is 16.5. The van der Waals surface area contributed by atoms with Crippen molar-refractivity contribution in [1.29, 1.82) is 0 Å².